The van der Waals surface area contributed by atoms with Crippen molar-refractivity contribution in [2.24, 2.45) is 0 Å². The number of thioether (sulfide) groups is 1. The Balaban J connectivity index is 1.43. The summed E-state index contributed by atoms with van der Waals surface area (Å²) in [7, 11) is 2.28. The lowest BCUT2D eigenvalue weighted by Gasteiger charge is -2.36. The predicted octanol–water partition coefficient (Wildman–Crippen LogP) is 5.24. The van der Waals surface area contributed by atoms with Gasteiger partial charge in [0.05, 0.1) is 11.2 Å². The first-order valence-electron chi connectivity index (χ1n) is 8.45. The Hall–Kier alpha value is -1.23. The molecule has 2 aliphatic heterocycles. The summed E-state index contributed by atoms with van der Waals surface area (Å²) < 4.78 is 5.80. The minimum atomic E-state index is 0.668. The van der Waals surface area contributed by atoms with E-state index in [4.69, 9.17) is 16.3 Å². The first kappa shape index (κ1) is 16.2. The van der Waals surface area contributed by atoms with E-state index in [1.165, 1.54) is 25.7 Å². The molecule has 1 aromatic carbocycles. The number of hydrogen-bond donors (Lipinski definition) is 0. The number of benzene rings is 1. The van der Waals surface area contributed by atoms with Crippen molar-refractivity contribution in [1.29, 1.82) is 0 Å². The van der Waals surface area contributed by atoms with Crippen molar-refractivity contribution in [2.45, 2.75) is 47.9 Å². The van der Waals surface area contributed by atoms with Crippen molar-refractivity contribution < 1.29 is 4.74 Å². The maximum atomic E-state index is 6.51. The van der Waals surface area contributed by atoms with Gasteiger partial charge in [-0.1, -0.05) is 11.6 Å². The van der Waals surface area contributed by atoms with Crippen molar-refractivity contribution in [2.75, 3.05) is 7.05 Å². The molecule has 24 heavy (non-hydrogen) atoms. The van der Waals surface area contributed by atoms with Crippen LogP contribution in [0.4, 0.5) is 0 Å². The normalized spacial score (nSPS) is 26.5. The average molecular weight is 361 g/mol. The fraction of sp³-hybridized carbons (Fsp3) is 0.421. The summed E-state index contributed by atoms with van der Waals surface area (Å²) >= 11 is 8.43. The third-order valence-electron chi connectivity index (χ3n) is 5.12. The van der Waals surface area contributed by atoms with Gasteiger partial charge in [-0.15, -0.1) is 11.8 Å². The molecule has 2 bridgehead atoms. The molecule has 0 aliphatic carbocycles. The van der Waals surface area contributed by atoms with Crippen LogP contribution in [0.5, 0.6) is 11.5 Å². The van der Waals surface area contributed by atoms with E-state index in [1.54, 1.807) is 12.4 Å². The maximum absolute atomic E-state index is 6.51. The molecule has 2 fully saturated rings. The van der Waals surface area contributed by atoms with Crippen LogP contribution in [-0.2, 0) is 0 Å². The summed E-state index contributed by atoms with van der Waals surface area (Å²) in [4.78, 5) is 7.79. The Morgan fingerprint density at radius 2 is 1.96 bits per heavy atom. The molecule has 4 rings (SSSR count). The second-order valence-corrected chi connectivity index (χ2v) is 8.39. The molecule has 0 N–H and O–H groups in total. The van der Waals surface area contributed by atoms with Crippen molar-refractivity contribution in [3.05, 3.63) is 47.7 Å². The van der Waals surface area contributed by atoms with Gasteiger partial charge in [-0.3, -0.25) is 4.98 Å². The highest BCUT2D eigenvalue weighted by Gasteiger charge is 2.38. The molecule has 0 saturated carbocycles. The summed E-state index contributed by atoms with van der Waals surface area (Å²) in [6.07, 6.45) is 8.66. The number of piperidine rings is 1. The van der Waals surface area contributed by atoms with Crippen LogP contribution >= 0.6 is 23.4 Å². The quantitative estimate of drug-likeness (QED) is 0.744. The van der Waals surface area contributed by atoms with Crippen LogP contribution in [0.1, 0.15) is 25.7 Å². The van der Waals surface area contributed by atoms with E-state index in [1.807, 2.05) is 36.0 Å². The number of pyridine rings is 1. The molecule has 3 heterocycles. The Morgan fingerprint density at radius 1 is 1.17 bits per heavy atom. The molecule has 126 valence electrons. The number of fused-ring (bicyclic) bond motifs is 2. The van der Waals surface area contributed by atoms with Gasteiger partial charge in [0.15, 0.2) is 0 Å². The monoisotopic (exact) mass is 360 g/mol. The Kier molecular flexibility index (Phi) is 4.70. The van der Waals surface area contributed by atoms with E-state index in [0.29, 0.717) is 5.25 Å². The zero-order valence-corrected chi connectivity index (χ0v) is 15.3. The number of nitrogens with zero attached hydrogens (tertiary/aromatic N) is 2. The molecule has 3 nitrogen and oxygen atoms in total. The van der Waals surface area contributed by atoms with Crippen LogP contribution in [0.3, 0.4) is 0 Å². The van der Waals surface area contributed by atoms with E-state index >= 15 is 0 Å². The van der Waals surface area contributed by atoms with Crippen molar-refractivity contribution in [1.82, 2.24) is 9.88 Å². The van der Waals surface area contributed by atoms with Crippen LogP contribution in [-0.4, -0.2) is 34.3 Å². The highest BCUT2D eigenvalue weighted by Crippen LogP contribution is 2.43. The van der Waals surface area contributed by atoms with Gasteiger partial charge in [-0.2, -0.15) is 0 Å². The molecule has 0 radical (unpaired) electrons. The van der Waals surface area contributed by atoms with Crippen LogP contribution in [0, 0.1) is 0 Å². The largest absolute Gasteiger partial charge is 0.456 e. The van der Waals surface area contributed by atoms with Gasteiger partial charge >= 0.3 is 0 Å². The molecular weight excluding hydrogens is 340 g/mol. The minimum absolute atomic E-state index is 0.668. The van der Waals surface area contributed by atoms with E-state index in [-0.39, 0.29) is 0 Å². The molecule has 1 unspecified atom stereocenters. The number of halogens is 1. The van der Waals surface area contributed by atoms with Crippen LogP contribution in [0.25, 0.3) is 0 Å². The van der Waals surface area contributed by atoms with Gasteiger partial charge < -0.3 is 9.64 Å². The summed E-state index contributed by atoms with van der Waals surface area (Å²) in [5.74, 6) is 1.47. The zero-order valence-electron chi connectivity index (χ0n) is 13.7. The molecule has 0 amide bonds. The molecule has 1 aromatic heterocycles. The summed E-state index contributed by atoms with van der Waals surface area (Å²) in [5.41, 5.74) is 0. The fourth-order valence-electron chi connectivity index (χ4n) is 3.82. The Labute approximate surface area is 152 Å². The van der Waals surface area contributed by atoms with E-state index < -0.39 is 0 Å². The lowest BCUT2D eigenvalue weighted by Crippen LogP contribution is -2.40. The lowest BCUT2D eigenvalue weighted by molar-refractivity contribution is 0.183. The molecular formula is C19H21ClN2OS. The van der Waals surface area contributed by atoms with Gasteiger partial charge in [0.2, 0.25) is 0 Å². The van der Waals surface area contributed by atoms with Gasteiger partial charge in [0.25, 0.3) is 0 Å². The van der Waals surface area contributed by atoms with Crippen LogP contribution in [0.2, 0.25) is 5.02 Å². The van der Waals surface area contributed by atoms with E-state index in [2.05, 4.69) is 23.0 Å². The fourth-order valence-corrected chi connectivity index (χ4v) is 5.44. The average Bonchev–Trinajstić information content (AvgIpc) is 2.80. The van der Waals surface area contributed by atoms with E-state index in [9.17, 15) is 0 Å². The minimum Gasteiger partial charge on any atom is -0.456 e. The number of hydrogen-bond acceptors (Lipinski definition) is 4. The van der Waals surface area contributed by atoms with Crippen molar-refractivity contribution in [3.8, 4) is 11.5 Å². The topological polar surface area (TPSA) is 25.4 Å². The summed E-state index contributed by atoms with van der Waals surface area (Å²) in [6.45, 7) is 0. The van der Waals surface area contributed by atoms with E-state index in [0.717, 1.165) is 33.5 Å². The first-order chi connectivity index (χ1) is 11.7. The summed E-state index contributed by atoms with van der Waals surface area (Å²) in [6, 6.07) is 11.2. The molecule has 0 spiro atoms. The molecule has 2 aliphatic rings. The second kappa shape index (κ2) is 6.95. The predicted molar refractivity (Wildman–Crippen MR) is 99.2 cm³/mol. The highest BCUT2D eigenvalue weighted by atomic mass is 35.5. The molecule has 3 atom stereocenters. The van der Waals surface area contributed by atoms with Gasteiger partial charge in [-0.25, -0.2) is 0 Å². The zero-order chi connectivity index (χ0) is 16.5. The maximum Gasteiger partial charge on any atom is 0.145 e. The lowest BCUT2D eigenvalue weighted by atomic mass is 10.0. The van der Waals surface area contributed by atoms with Gasteiger partial charge in [0.1, 0.15) is 11.5 Å². The first-order valence-corrected chi connectivity index (χ1v) is 9.71. The number of ether oxygens (including phenoxy) is 1. The highest BCUT2D eigenvalue weighted by molar-refractivity contribution is 8.00. The van der Waals surface area contributed by atoms with Crippen LogP contribution < -0.4 is 4.74 Å². The molecule has 5 heteroatoms. The Bertz CT molecular complexity index is 698. The van der Waals surface area contributed by atoms with Crippen LogP contribution in [0.15, 0.2) is 47.6 Å². The number of rotatable bonds is 4. The van der Waals surface area contributed by atoms with Gasteiger partial charge in [-0.05, 0) is 57.0 Å². The van der Waals surface area contributed by atoms with Gasteiger partial charge in [0, 0.05) is 34.5 Å². The van der Waals surface area contributed by atoms with Crippen molar-refractivity contribution >= 4 is 23.4 Å². The van der Waals surface area contributed by atoms with Crippen molar-refractivity contribution in [3.63, 3.8) is 0 Å². The second-order valence-electron chi connectivity index (χ2n) is 6.64. The summed E-state index contributed by atoms with van der Waals surface area (Å²) in [5, 5.41) is 1.44. The number of aromatic nitrogens is 1. The molecule has 2 saturated heterocycles. The Morgan fingerprint density at radius 3 is 2.62 bits per heavy atom. The smallest absolute Gasteiger partial charge is 0.145 e. The molecule has 2 aromatic rings. The SMILES string of the molecule is CN1[C@@H]2CC[C@H]1CC(Sc1ccc(Oc3cccnc3)cc1Cl)C2. The standard InChI is InChI=1S/C19H21ClN2OS/c1-22-13-4-5-14(22)10-17(9-13)24-19-7-6-15(11-18(19)20)23-16-3-2-8-21-12-16/h2-3,6-8,11-14,17H,4-5,9-10H2,1H3/t13-,14+,17?. The third kappa shape index (κ3) is 3.41. The third-order valence-corrected chi connectivity index (χ3v) is 6.87.